The predicted octanol–water partition coefficient (Wildman–Crippen LogP) is 0.849. The largest absolute Gasteiger partial charge is 0.493 e. The molecule has 0 spiro atoms. The topological polar surface area (TPSA) is 98.9 Å². The highest BCUT2D eigenvalue weighted by atomic mass is 35.5. The fourth-order valence-electron chi connectivity index (χ4n) is 2.52. The van der Waals surface area contributed by atoms with Gasteiger partial charge >= 0.3 is 0 Å². The summed E-state index contributed by atoms with van der Waals surface area (Å²) in [5.74, 6) is 0.369. The van der Waals surface area contributed by atoms with Gasteiger partial charge in [0.15, 0.2) is 21.3 Å². The Morgan fingerprint density at radius 2 is 1.96 bits per heavy atom. The minimum Gasteiger partial charge on any atom is -0.493 e. The van der Waals surface area contributed by atoms with Gasteiger partial charge in [-0.15, -0.1) is 12.4 Å². The van der Waals surface area contributed by atoms with E-state index in [1.54, 1.807) is 4.90 Å². The molecular weight excluding hydrogens is 356 g/mol. The van der Waals surface area contributed by atoms with Crippen LogP contribution >= 0.6 is 12.4 Å². The number of ether oxygens (including phenoxy) is 2. The van der Waals surface area contributed by atoms with E-state index in [-0.39, 0.29) is 41.4 Å². The number of carbonyl (C=O) groups excluding carboxylic acids is 1. The van der Waals surface area contributed by atoms with Crippen molar-refractivity contribution >= 4 is 28.2 Å². The van der Waals surface area contributed by atoms with Gasteiger partial charge in [0.05, 0.1) is 24.9 Å². The molecule has 1 aromatic carbocycles. The van der Waals surface area contributed by atoms with Gasteiger partial charge in [-0.1, -0.05) is 0 Å². The van der Waals surface area contributed by atoms with Crippen molar-refractivity contribution in [2.24, 2.45) is 5.73 Å². The summed E-state index contributed by atoms with van der Waals surface area (Å²) in [7, 11) is -0.654. The number of nitrogens with zero attached hydrogens (tertiary/aromatic N) is 1. The lowest BCUT2D eigenvalue weighted by Crippen LogP contribution is -2.32. The third-order valence-corrected chi connectivity index (χ3v) is 5.59. The number of hydrogen-bond donors (Lipinski definition) is 1. The third-order valence-electron chi connectivity index (χ3n) is 3.88. The molecule has 7 nitrogen and oxygen atoms in total. The second kappa shape index (κ2) is 8.55. The molecular formula is C15H23ClN2O5S. The number of sulfone groups is 1. The summed E-state index contributed by atoms with van der Waals surface area (Å²) < 4.78 is 35.0. The average molecular weight is 379 g/mol. The van der Waals surface area contributed by atoms with Crippen LogP contribution in [-0.2, 0) is 14.6 Å². The first-order chi connectivity index (χ1) is 10.9. The van der Waals surface area contributed by atoms with Gasteiger partial charge in [-0.05, 0) is 18.6 Å². The van der Waals surface area contributed by atoms with Gasteiger partial charge in [0.1, 0.15) is 0 Å². The molecule has 1 aromatic rings. The van der Waals surface area contributed by atoms with Crippen LogP contribution in [0.15, 0.2) is 23.1 Å². The van der Waals surface area contributed by atoms with Crippen molar-refractivity contribution in [3.05, 3.63) is 18.2 Å². The van der Waals surface area contributed by atoms with Crippen LogP contribution in [0.2, 0.25) is 0 Å². The van der Waals surface area contributed by atoms with Gasteiger partial charge in [0, 0.05) is 31.6 Å². The summed E-state index contributed by atoms with van der Waals surface area (Å²) in [4.78, 5) is 13.8. The molecule has 1 heterocycles. The van der Waals surface area contributed by atoms with E-state index in [0.29, 0.717) is 24.6 Å². The quantitative estimate of drug-likeness (QED) is 0.787. The predicted molar refractivity (Wildman–Crippen MR) is 92.6 cm³/mol. The zero-order valence-electron chi connectivity index (χ0n) is 13.7. The molecule has 1 aliphatic heterocycles. The minimum atomic E-state index is -3.57. The summed E-state index contributed by atoms with van der Waals surface area (Å²) in [5.41, 5.74) is 5.76. The smallest absolute Gasteiger partial charge is 0.223 e. The van der Waals surface area contributed by atoms with Gasteiger partial charge in [0.2, 0.25) is 5.91 Å². The normalized spacial score (nSPS) is 17.3. The molecule has 136 valence electrons. The molecule has 0 bridgehead atoms. The van der Waals surface area contributed by atoms with Gasteiger partial charge < -0.3 is 20.1 Å². The Morgan fingerprint density at radius 1 is 1.29 bits per heavy atom. The molecule has 24 heavy (non-hydrogen) atoms. The molecule has 9 heteroatoms. The van der Waals surface area contributed by atoms with Crippen molar-refractivity contribution in [2.75, 3.05) is 33.1 Å². The third kappa shape index (κ3) is 4.75. The van der Waals surface area contributed by atoms with Gasteiger partial charge in [-0.25, -0.2) is 8.42 Å². The van der Waals surface area contributed by atoms with Gasteiger partial charge in [0.25, 0.3) is 0 Å². The summed E-state index contributed by atoms with van der Waals surface area (Å²) in [6, 6.07) is 4.38. The Hall–Kier alpha value is -1.51. The zero-order valence-corrected chi connectivity index (χ0v) is 15.4. The number of rotatable bonds is 6. The van der Waals surface area contributed by atoms with Crippen molar-refractivity contribution < 1.29 is 22.7 Å². The zero-order chi connectivity index (χ0) is 17.0. The van der Waals surface area contributed by atoms with Crippen LogP contribution in [0.1, 0.15) is 12.8 Å². The van der Waals surface area contributed by atoms with E-state index < -0.39 is 9.84 Å². The molecule has 1 fully saturated rings. The lowest BCUT2D eigenvalue weighted by molar-refractivity contribution is -0.129. The van der Waals surface area contributed by atoms with E-state index in [2.05, 4.69) is 0 Å². The molecule has 1 saturated heterocycles. The molecule has 0 aromatic heterocycles. The molecule has 0 radical (unpaired) electrons. The number of amides is 1. The molecule has 1 unspecified atom stereocenters. The monoisotopic (exact) mass is 378 g/mol. The second-order valence-corrected chi connectivity index (χ2v) is 7.58. The Labute approximate surface area is 148 Å². The highest BCUT2D eigenvalue weighted by Crippen LogP contribution is 2.30. The number of nitrogens with two attached hydrogens (primary N) is 1. The van der Waals surface area contributed by atoms with Crippen molar-refractivity contribution in [1.29, 1.82) is 0 Å². The van der Waals surface area contributed by atoms with E-state index in [0.717, 1.165) is 6.42 Å². The van der Waals surface area contributed by atoms with E-state index in [1.165, 1.54) is 32.4 Å². The fourth-order valence-corrected chi connectivity index (χ4v) is 3.76. The minimum absolute atomic E-state index is 0. The maximum absolute atomic E-state index is 12.4. The van der Waals surface area contributed by atoms with Crippen LogP contribution in [0, 0.1) is 0 Å². The van der Waals surface area contributed by atoms with E-state index in [1.807, 2.05) is 0 Å². The van der Waals surface area contributed by atoms with E-state index in [9.17, 15) is 13.2 Å². The Kier molecular flexibility index (Phi) is 7.31. The summed E-state index contributed by atoms with van der Waals surface area (Å²) in [5, 5.41) is 0. The Morgan fingerprint density at radius 3 is 2.50 bits per heavy atom. The molecule has 0 aliphatic carbocycles. The summed E-state index contributed by atoms with van der Waals surface area (Å²) in [6.45, 7) is 1.09. The molecule has 1 atom stereocenters. The molecule has 1 aliphatic rings. The molecule has 2 N–H and O–H groups in total. The molecule has 1 amide bonds. The van der Waals surface area contributed by atoms with Crippen molar-refractivity contribution in [3.63, 3.8) is 0 Å². The van der Waals surface area contributed by atoms with Crippen LogP contribution in [-0.4, -0.2) is 58.3 Å². The highest BCUT2D eigenvalue weighted by Gasteiger charge is 2.25. The first kappa shape index (κ1) is 20.5. The number of likely N-dealkylation sites (tertiary alicyclic amines) is 1. The van der Waals surface area contributed by atoms with E-state index >= 15 is 0 Å². The highest BCUT2D eigenvalue weighted by molar-refractivity contribution is 7.91. The lowest BCUT2D eigenvalue weighted by atomic mass is 10.3. The van der Waals surface area contributed by atoms with Gasteiger partial charge in [-0.3, -0.25) is 4.79 Å². The van der Waals surface area contributed by atoms with Gasteiger partial charge in [-0.2, -0.15) is 0 Å². The van der Waals surface area contributed by atoms with Crippen LogP contribution < -0.4 is 15.2 Å². The summed E-state index contributed by atoms with van der Waals surface area (Å²) >= 11 is 0. The first-order valence-corrected chi connectivity index (χ1v) is 9.00. The fraction of sp³-hybridized carbons (Fsp3) is 0.533. The SMILES string of the molecule is COc1ccc(S(=O)(=O)CCC(=O)N2CCC(N)C2)cc1OC.Cl. The number of halogens is 1. The number of carbonyl (C=O) groups is 1. The second-order valence-electron chi connectivity index (χ2n) is 5.47. The average Bonchev–Trinajstić information content (AvgIpc) is 2.98. The summed E-state index contributed by atoms with van der Waals surface area (Å²) in [6.07, 6.45) is 0.706. The van der Waals surface area contributed by atoms with Crippen LogP contribution in [0.5, 0.6) is 11.5 Å². The molecule has 2 rings (SSSR count). The van der Waals surface area contributed by atoms with Crippen LogP contribution in [0.4, 0.5) is 0 Å². The Balaban J connectivity index is 0.00000288. The standard InChI is InChI=1S/C15H22N2O5S.ClH/c1-21-13-4-3-12(9-14(13)22-2)23(19,20)8-6-15(18)17-7-5-11(16)10-17;/h3-4,9,11H,5-8,10,16H2,1-2H3;1H. The first-order valence-electron chi connectivity index (χ1n) is 7.35. The maximum Gasteiger partial charge on any atom is 0.223 e. The lowest BCUT2D eigenvalue weighted by Gasteiger charge is -2.16. The number of hydrogen-bond acceptors (Lipinski definition) is 6. The number of methoxy groups -OCH3 is 2. The van der Waals surface area contributed by atoms with Crippen molar-refractivity contribution in [2.45, 2.75) is 23.8 Å². The van der Waals surface area contributed by atoms with Crippen molar-refractivity contribution in [3.8, 4) is 11.5 Å². The van der Waals surface area contributed by atoms with Crippen molar-refractivity contribution in [1.82, 2.24) is 4.90 Å². The van der Waals surface area contributed by atoms with Crippen LogP contribution in [0.25, 0.3) is 0 Å². The van der Waals surface area contributed by atoms with Crippen LogP contribution in [0.3, 0.4) is 0 Å². The maximum atomic E-state index is 12.4. The van der Waals surface area contributed by atoms with E-state index in [4.69, 9.17) is 15.2 Å². The molecule has 0 saturated carbocycles. The number of benzene rings is 1. The Bertz CT molecular complexity index is 680.